The first-order valence-electron chi connectivity index (χ1n) is 7.61. The molecular formula is C15H23N3OS. The molecule has 20 heavy (non-hydrogen) atoms. The molecule has 3 heterocycles. The van der Waals surface area contributed by atoms with Crippen LogP contribution in [-0.2, 0) is 0 Å². The molecule has 0 radical (unpaired) electrons. The van der Waals surface area contributed by atoms with Crippen molar-refractivity contribution in [1.82, 2.24) is 15.2 Å². The van der Waals surface area contributed by atoms with E-state index in [1.54, 1.807) is 0 Å². The number of rotatable bonds is 3. The molecule has 2 aliphatic rings. The predicted molar refractivity (Wildman–Crippen MR) is 83.4 cm³/mol. The molecule has 2 N–H and O–H groups in total. The summed E-state index contributed by atoms with van der Waals surface area (Å²) in [4.78, 5) is 12.5. The van der Waals surface area contributed by atoms with Crippen LogP contribution >= 0.6 is 11.8 Å². The van der Waals surface area contributed by atoms with Gasteiger partial charge in [0, 0.05) is 18.3 Å². The molecule has 0 aromatic carbocycles. The first kappa shape index (κ1) is 14.0. The summed E-state index contributed by atoms with van der Waals surface area (Å²) in [6.45, 7) is 2.09. The van der Waals surface area contributed by atoms with E-state index in [4.69, 9.17) is 0 Å². The van der Waals surface area contributed by atoms with Crippen molar-refractivity contribution in [2.45, 2.75) is 37.8 Å². The van der Waals surface area contributed by atoms with Gasteiger partial charge in [0.1, 0.15) is 5.69 Å². The fourth-order valence-corrected chi connectivity index (χ4v) is 4.20. The monoisotopic (exact) mass is 293 g/mol. The number of amides is 1. The minimum atomic E-state index is 0.102. The van der Waals surface area contributed by atoms with Gasteiger partial charge in [-0.05, 0) is 62.4 Å². The van der Waals surface area contributed by atoms with E-state index in [0.717, 1.165) is 44.5 Å². The van der Waals surface area contributed by atoms with Gasteiger partial charge in [-0.25, -0.2) is 0 Å². The van der Waals surface area contributed by atoms with E-state index in [0.29, 0.717) is 12.1 Å². The van der Waals surface area contributed by atoms with Crippen molar-refractivity contribution >= 4 is 17.7 Å². The van der Waals surface area contributed by atoms with Crippen LogP contribution in [0.3, 0.4) is 0 Å². The van der Waals surface area contributed by atoms with E-state index in [1.165, 1.54) is 11.5 Å². The summed E-state index contributed by atoms with van der Waals surface area (Å²) in [6.07, 6.45) is 6.47. The number of nitrogens with zero attached hydrogens (tertiary/aromatic N) is 1. The SMILES string of the molecule is O=C(NC1CCSCC1)c1cccn1C1CCNCC1. The van der Waals surface area contributed by atoms with Gasteiger partial charge in [0.25, 0.3) is 5.91 Å². The molecule has 2 fully saturated rings. The zero-order chi connectivity index (χ0) is 13.8. The quantitative estimate of drug-likeness (QED) is 0.896. The van der Waals surface area contributed by atoms with E-state index in [-0.39, 0.29) is 5.91 Å². The Morgan fingerprint density at radius 3 is 2.75 bits per heavy atom. The molecule has 3 rings (SSSR count). The summed E-state index contributed by atoms with van der Waals surface area (Å²) in [5.74, 6) is 2.44. The maximum Gasteiger partial charge on any atom is 0.268 e. The van der Waals surface area contributed by atoms with Gasteiger partial charge in [-0.1, -0.05) is 0 Å². The molecule has 2 aliphatic heterocycles. The van der Waals surface area contributed by atoms with Gasteiger partial charge in [0.05, 0.1) is 0 Å². The molecule has 4 nitrogen and oxygen atoms in total. The van der Waals surface area contributed by atoms with Crippen LogP contribution in [0.15, 0.2) is 18.3 Å². The molecule has 1 aromatic rings. The highest BCUT2D eigenvalue weighted by atomic mass is 32.2. The molecule has 110 valence electrons. The molecule has 0 atom stereocenters. The zero-order valence-electron chi connectivity index (χ0n) is 11.8. The van der Waals surface area contributed by atoms with Gasteiger partial charge in [-0.3, -0.25) is 4.79 Å². The highest BCUT2D eigenvalue weighted by Gasteiger charge is 2.22. The van der Waals surface area contributed by atoms with Crippen molar-refractivity contribution in [2.75, 3.05) is 24.6 Å². The Morgan fingerprint density at radius 1 is 1.25 bits per heavy atom. The van der Waals surface area contributed by atoms with Crippen LogP contribution in [0.5, 0.6) is 0 Å². The van der Waals surface area contributed by atoms with Crippen LogP contribution in [0.4, 0.5) is 0 Å². The first-order chi connectivity index (χ1) is 9.84. The average Bonchev–Trinajstić information content (AvgIpc) is 2.99. The van der Waals surface area contributed by atoms with E-state index in [1.807, 2.05) is 23.9 Å². The molecule has 5 heteroatoms. The second-order valence-electron chi connectivity index (χ2n) is 5.64. The van der Waals surface area contributed by atoms with Crippen LogP contribution in [0.2, 0.25) is 0 Å². The Bertz CT molecular complexity index is 448. The minimum absolute atomic E-state index is 0.102. The summed E-state index contributed by atoms with van der Waals surface area (Å²) in [5.41, 5.74) is 0.829. The summed E-state index contributed by atoms with van der Waals surface area (Å²) < 4.78 is 2.17. The van der Waals surface area contributed by atoms with E-state index in [9.17, 15) is 4.79 Å². The van der Waals surface area contributed by atoms with Gasteiger partial charge in [0.15, 0.2) is 0 Å². The second-order valence-corrected chi connectivity index (χ2v) is 6.87. The Morgan fingerprint density at radius 2 is 2.00 bits per heavy atom. The lowest BCUT2D eigenvalue weighted by atomic mass is 10.1. The Labute approximate surface area is 124 Å². The molecule has 0 bridgehead atoms. The highest BCUT2D eigenvalue weighted by Crippen LogP contribution is 2.22. The molecule has 1 aromatic heterocycles. The smallest absolute Gasteiger partial charge is 0.268 e. The lowest BCUT2D eigenvalue weighted by Crippen LogP contribution is -2.39. The van der Waals surface area contributed by atoms with Crippen molar-refractivity contribution in [3.63, 3.8) is 0 Å². The number of nitrogens with one attached hydrogen (secondary N) is 2. The molecule has 1 amide bonds. The first-order valence-corrected chi connectivity index (χ1v) is 8.76. The normalized spacial score (nSPS) is 21.8. The molecule has 0 saturated carbocycles. The van der Waals surface area contributed by atoms with Gasteiger partial charge >= 0.3 is 0 Å². The minimum Gasteiger partial charge on any atom is -0.348 e. The summed E-state index contributed by atoms with van der Waals surface area (Å²) in [5, 5.41) is 6.59. The summed E-state index contributed by atoms with van der Waals surface area (Å²) in [6, 6.07) is 4.77. The average molecular weight is 293 g/mol. The van der Waals surface area contributed by atoms with Gasteiger partial charge in [-0.15, -0.1) is 0 Å². The van der Waals surface area contributed by atoms with E-state index in [2.05, 4.69) is 21.4 Å². The third-order valence-corrected chi connectivity index (χ3v) is 5.32. The summed E-state index contributed by atoms with van der Waals surface area (Å²) in [7, 11) is 0. The number of thioether (sulfide) groups is 1. The van der Waals surface area contributed by atoms with Crippen molar-refractivity contribution in [1.29, 1.82) is 0 Å². The maximum atomic E-state index is 12.5. The summed E-state index contributed by atoms with van der Waals surface area (Å²) >= 11 is 1.99. The topological polar surface area (TPSA) is 46.1 Å². The standard InChI is InChI=1S/C15H23N3OS/c19-15(17-12-5-10-20-11-6-12)14-2-1-9-18(14)13-3-7-16-8-4-13/h1-2,9,12-13,16H,3-8,10-11H2,(H,17,19). The molecule has 0 aliphatic carbocycles. The highest BCUT2D eigenvalue weighted by molar-refractivity contribution is 7.99. The predicted octanol–water partition coefficient (Wildman–Crippen LogP) is 2.04. The molecule has 0 spiro atoms. The van der Waals surface area contributed by atoms with Crippen LogP contribution in [0, 0.1) is 0 Å². The van der Waals surface area contributed by atoms with Gasteiger partial charge < -0.3 is 15.2 Å². The number of carbonyl (C=O) groups excluding carboxylic acids is 1. The van der Waals surface area contributed by atoms with E-state index < -0.39 is 0 Å². The Hall–Kier alpha value is -0.940. The second kappa shape index (κ2) is 6.68. The number of hydrogen-bond donors (Lipinski definition) is 2. The van der Waals surface area contributed by atoms with Crippen molar-refractivity contribution in [3.8, 4) is 0 Å². The third kappa shape index (κ3) is 3.20. The van der Waals surface area contributed by atoms with Crippen LogP contribution in [0.1, 0.15) is 42.2 Å². The lowest BCUT2D eigenvalue weighted by molar-refractivity contribution is 0.0922. The van der Waals surface area contributed by atoms with Crippen LogP contribution in [0.25, 0.3) is 0 Å². The number of piperidine rings is 1. The zero-order valence-corrected chi connectivity index (χ0v) is 12.6. The van der Waals surface area contributed by atoms with Crippen LogP contribution < -0.4 is 10.6 Å². The Balaban J connectivity index is 1.66. The lowest BCUT2D eigenvalue weighted by Gasteiger charge is -2.27. The molecule has 2 saturated heterocycles. The fraction of sp³-hybridized carbons (Fsp3) is 0.667. The van der Waals surface area contributed by atoms with Crippen LogP contribution in [-0.4, -0.2) is 41.1 Å². The largest absolute Gasteiger partial charge is 0.348 e. The number of hydrogen-bond acceptors (Lipinski definition) is 3. The van der Waals surface area contributed by atoms with Gasteiger partial charge in [0.2, 0.25) is 0 Å². The van der Waals surface area contributed by atoms with Gasteiger partial charge in [-0.2, -0.15) is 11.8 Å². The molecular weight excluding hydrogens is 270 g/mol. The number of aromatic nitrogens is 1. The Kier molecular flexibility index (Phi) is 4.68. The van der Waals surface area contributed by atoms with Crippen molar-refractivity contribution in [2.24, 2.45) is 0 Å². The van der Waals surface area contributed by atoms with E-state index >= 15 is 0 Å². The molecule has 0 unspecified atom stereocenters. The number of carbonyl (C=O) groups is 1. The maximum absolute atomic E-state index is 12.5. The third-order valence-electron chi connectivity index (χ3n) is 4.27. The van der Waals surface area contributed by atoms with Crippen molar-refractivity contribution < 1.29 is 4.79 Å². The fourth-order valence-electron chi connectivity index (χ4n) is 3.09. The van der Waals surface area contributed by atoms with Crippen molar-refractivity contribution in [3.05, 3.63) is 24.0 Å².